The Bertz CT molecular complexity index is 879. The lowest BCUT2D eigenvalue weighted by molar-refractivity contribution is 0.412. The van der Waals surface area contributed by atoms with Crippen LogP contribution in [-0.2, 0) is 10.0 Å². The van der Waals surface area contributed by atoms with Crippen molar-refractivity contribution in [3.8, 4) is 5.75 Å². The summed E-state index contributed by atoms with van der Waals surface area (Å²) >= 11 is 0. The fraction of sp³-hybridized carbons (Fsp3) is 0.455. The van der Waals surface area contributed by atoms with Gasteiger partial charge in [-0.2, -0.15) is 0 Å². The molecule has 0 saturated heterocycles. The molecule has 2 aromatic carbocycles. The number of methoxy groups -OCH3 is 1. The highest BCUT2D eigenvalue weighted by molar-refractivity contribution is 7.92. The average molecular weight is 388 g/mol. The summed E-state index contributed by atoms with van der Waals surface area (Å²) in [5.74, 6) is 2.62. The summed E-state index contributed by atoms with van der Waals surface area (Å²) in [6.45, 7) is 2.29. The molecule has 0 radical (unpaired) electrons. The molecule has 0 heterocycles. The molecular formula is C22H29NO3S. The molecule has 1 fully saturated rings. The molecule has 1 aliphatic carbocycles. The monoisotopic (exact) mass is 387 g/mol. The van der Waals surface area contributed by atoms with Crippen LogP contribution in [0.3, 0.4) is 0 Å². The summed E-state index contributed by atoms with van der Waals surface area (Å²) < 4.78 is 30.9. The molecule has 146 valence electrons. The second-order valence-electron chi connectivity index (χ2n) is 7.79. The molecule has 1 N–H and O–H groups in total. The van der Waals surface area contributed by atoms with Crippen molar-refractivity contribution in [1.29, 1.82) is 0 Å². The van der Waals surface area contributed by atoms with Gasteiger partial charge in [0.15, 0.2) is 0 Å². The standard InChI is InChI=1S/C22H29NO3S/c1-16(18-6-5-9-22(15-18)26-2)12-17-10-11-20(13-17)19-7-4-8-21(14-19)23-27(3,24)25/h4-9,14-17,20,23H,10-13H2,1-3H3/t16-,17?,20?/m0/s1. The van der Waals surface area contributed by atoms with Crippen molar-refractivity contribution in [2.45, 2.75) is 44.4 Å². The van der Waals surface area contributed by atoms with E-state index in [-0.39, 0.29) is 0 Å². The molecule has 2 aromatic rings. The minimum absolute atomic E-state index is 0.502. The largest absolute Gasteiger partial charge is 0.497 e. The predicted octanol–water partition coefficient (Wildman–Crippen LogP) is 5.14. The highest BCUT2D eigenvalue weighted by atomic mass is 32.2. The molecule has 27 heavy (non-hydrogen) atoms. The smallest absolute Gasteiger partial charge is 0.229 e. The molecule has 0 bridgehead atoms. The van der Waals surface area contributed by atoms with Crippen LogP contribution in [0.15, 0.2) is 48.5 Å². The number of ether oxygens (including phenoxy) is 1. The van der Waals surface area contributed by atoms with Crippen molar-refractivity contribution in [3.05, 3.63) is 59.7 Å². The van der Waals surface area contributed by atoms with E-state index in [1.54, 1.807) is 7.11 Å². The summed E-state index contributed by atoms with van der Waals surface area (Å²) in [7, 11) is -1.53. The van der Waals surface area contributed by atoms with Gasteiger partial charge in [-0.3, -0.25) is 4.72 Å². The third kappa shape index (κ3) is 5.48. The van der Waals surface area contributed by atoms with Crippen LogP contribution in [-0.4, -0.2) is 21.8 Å². The molecule has 3 atom stereocenters. The fourth-order valence-corrected chi connectivity index (χ4v) is 4.80. The van der Waals surface area contributed by atoms with E-state index in [1.807, 2.05) is 24.3 Å². The molecule has 3 rings (SSSR count). The van der Waals surface area contributed by atoms with Gasteiger partial charge >= 0.3 is 0 Å². The van der Waals surface area contributed by atoms with Gasteiger partial charge in [0.2, 0.25) is 10.0 Å². The average Bonchev–Trinajstić information content (AvgIpc) is 3.09. The van der Waals surface area contributed by atoms with Crippen LogP contribution in [0.1, 0.15) is 55.6 Å². The number of rotatable bonds is 7. The van der Waals surface area contributed by atoms with Crippen molar-refractivity contribution >= 4 is 15.7 Å². The Morgan fingerprint density at radius 1 is 1.15 bits per heavy atom. The van der Waals surface area contributed by atoms with E-state index in [0.717, 1.165) is 18.6 Å². The SMILES string of the molecule is COc1cccc([C@@H](C)CC2CCC(c3cccc(NS(C)(=O)=O)c3)C2)c1. The molecule has 4 nitrogen and oxygen atoms in total. The fourth-order valence-electron chi connectivity index (χ4n) is 4.25. The Balaban J connectivity index is 1.62. The van der Waals surface area contributed by atoms with Crippen molar-refractivity contribution in [2.75, 3.05) is 18.1 Å². The molecule has 1 aliphatic rings. The first kappa shape index (κ1) is 19.7. The first-order chi connectivity index (χ1) is 12.8. The summed E-state index contributed by atoms with van der Waals surface area (Å²) in [6.07, 6.45) is 5.91. The lowest BCUT2D eigenvalue weighted by atomic mass is 9.88. The minimum atomic E-state index is -3.24. The van der Waals surface area contributed by atoms with Crippen LogP contribution < -0.4 is 9.46 Å². The highest BCUT2D eigenvalue weighted by Gasteiger charge is 2.27. The maximum Gasteiger partial charge on any atom is 0.229 e. The molecule has 2 unspecified atom stereocenters. The van der Waals surface area contributed by atoms with Crippen LogP contribution >= 0.6 is 0 Å². The normalized spacial score (nSPS) is 21.0. The van der Waals surface area contributed by atoms with E-state index in [1.165, 1.54) is 30.2 Å². The van der Waals surface area contributed by atoms with Gasteiger partial charge in [-0.1, -0.05) is 31.2 Å². The van der Waals surface area contributed by atoms with E-state index in [4.69, 9.17) is 4.74 Å². The summed E-state index contributed by atoms with van der Waals surface area (Å²) in [4.78, 5) is 0. The Morgan fingerprint density at radius 3 is 2.67 bits per heavy atom. The zero-order valence-electron chi connectivity index (χ0n) is 16.3. The Morgan fingerprint density at radius 2 is 1.93 bits per heavy atom. The van der Waals surface area contributed by atoms with Gasteiger partial charge in [0.1, 0.15) is 5.75 Å². The number of hydrogen-bond donors (Lipinski definition) is 1. The number of nitrogens with one attached hydrogen (secondary N) is 1. The molecule has 1 saturated carbocycles. The second kappa shape index (κ2) is 8.34. The number of anilines is 1. The molecule has 0 aromatic heterocycles. The van der Waals surface area contributed by atoms with E-state index >= 15 is 0 Å². The maximum atomic E-state index is 11.5. The van der Waals surface area contributed by atoms with Gasteiger partial charge in [0.25, 0.3) is 0 Å². The van der Waals surface area contributed by atoms with Crippen molar-refractivity contribution < 1.29 is 13.2 Å². The van der Waals surface area contributed by atoms with Crippen LogP contribution in [0.4, 0.5) is 5.69 Å². The second-order valence-corrected chi connectivity index (χ2v) is 9.54. The van der Waals surface area contributed by atoms with E-state index in [2.05, 4.69) is 35.9 Å². The van der Waals surface area contributed by atoms with Crippen LogP contribution in [0.2, 0.25) is 0 Å². The lowest BCUT2D eigenvalue weighted by Gasteiger charge is -2.18. The van der Waals surface area contributed by atoms with E-state index < -0.39 is 10.0 Å². The summed E-state index contributed by atoms with van der Waals surface area (Å²) in [5, 5.41) is 0. The maximum absolute atomic E-state index is 11.5. The topological polar surface area (TPSA) is 55.4 Å². The van der Waals surface area contributed by atoms with Gasteiger partial charge in [-0.25, -0.2) is 8.42 Å². The van der Waals surface area contributed by atoms with Crippen molar-refractivity contribution in [2.24, 2.45) is 5.92 Å². The Kier molecular flexibility index (Phi) is 6.10. The Labute approximate surface area is 163 Å². The molecular weight excluding hydrogens is 358 g/mol. The number of hydrogen-bond acceptors (Lipinski definition) is 3. The van der Waals surface area contributed by atoms with Crippen LogP contribution in [0.5, 0.6) is 5.75 Å². The molecule has 0 aliphatic heterocycles. The first-order valence-electron chi connectivity index (χ1n) is 9.56. The third-order valence-electron chi connectivity index (χ3n) is 5.55. The number of benzene rings is 2. The molecule has 0 amide bonds. The van der Waals surface area contributed by atoms with Gasteiger partial charge < -0.3 is 4.74 Å². The quantitative estimate of drug-likeness (QED) is 0.715. The molecule has 0 spiro atoms. The number of sulfonamides is 1. The minimum Gasteiger partial charge on any atom is -0.497 e. The van der Waals surface area contributed by atoms with E-state index in [9.17, 15) is 8.42 Å². The zero-order chi connectivity index (χ0) is 19.4. The van der Waals surface area contributed by atoms with Crippen LogP contribution in [0.25, 0.3) is 0 Å². The van der Waals surface area contributed by atoms with Crippen molar-refractivity contribution in [3.63, 3.8) is 0 Å². The predicted molar refractivity (Wildman–Crippen MR) is 111 cm³/mol. The highest BCUT2D eigenvalue weighted by Crippen LogP contribution is 2.43. The van der Waals surface area contributed by atoms with Gasteiger partial charge in [0.05, 0.1) is 13.4 Å². The summed E-state index contributed by atoms with van der Waals surface area (Å²) in [5.41, 5.74) is 3.22. The van der Waals surface area contributed by atoms with Gasteiger partial charge in [-0.15, -0.1) is 0 Å². The van der Waals surface area contributed by atoms with Gasteiger partial charge in [0, 0.05) is 5.69 Å². The Hall–Kier alpha value is -2.01. The van der Waals surface area contributed by atoms with Crippen LogP contribution in [0, 0.1) is 5.92 Å². The van der Waals surface area contributed by atoms with Crippen molar-refractivity contribution in [1.82, 2.24) is 0 Å². The first-order valence-corrected chi connectivity index (χ1v) is 11.4. The lowest BCUT2D eigenvalue weighted by Crippen LogP contribution is -2.10. The summed E-state index contributed by atoms with van der Waals surface area (Å²) in [6, 6.07) is 16.2. The van der Waals surface area contributed by atoms with E-state index in [0.29, 0.717) is 23.4 Å². The zero-order valence-corrected chi connectivity index (χ0v) is 17.1. The molecule has 5 heteroatoms. The third-order valence-corrected chi connectivity index (χ3v) is 6.16. The van der Waals surface area contributed by atoms with Gasteiger partial charge in [-0.05, 0) is 78.8 Å².